The summed E-state index contributed by atoms with van der Waals surface area (Å²) in [6, 6.07) is 15.8. The molecule has 1 aliphatic heterocycles. The number of nitriles is 1. The summed E-state index contributed by atoms with van der Waals surface area (Å²) in [5, 5.41) is 11.0. The molecular weight excluding hydrogens is 462 g/mol. The van der Waals surface area contributed by atoms with Crippen LogP contribution in [0.15, 0.2) is 48.7 Å². The summed E-state index contributed by atoms with van der Waals surface area (Å²) in [5.41, 5.74) is 6.18. The van der Waals surface area contributed by atoms with Gasteiger partial charge in [-0.2, -0.15) is 5.26 Å². The molecule has 0 bridgehead atoms. The smallest absolute Gasteiger partial charge is 0.238 e. The summed E-state index contributed by atoms with van der Waals surface area (Å²) in [6.07, 6.45) is 1.72. The van der Waals surface area contributed by atoms with Gasteiger partial charge in [-0.05, 0) is 50.6 Å². The molecule has 35 heavy (non-hydrogen) atoms. The number of fused-ring (bicyclic) bond motifs is 4. The number of benzene rings is 2. The first-order valence-electron chi connectivity index (χ1n) is 11.5. The van der Waals surface area contributed by atoms with Crippen LogP contribution >= 0.6 is 0 Å². The summed E-state index contributed by atoms with van der Waals surface area (Å²) in [4.78, 5) is 0. The maximum absolute atomic E-state index is 12.9. The maximum atomic E-state index is 12.9. The van der Waals surface area contributed by atoms with Crippen molar-refractivity contribution in [1.29, 1.82) is 5.26 Å². The van der Waals surface area contributed by atoms with Crippen molar-refractivity contribution in [3.05, 3.63) is 59.9 Å². The second-order valence-corrected chi connectivity index (χ2v) is 10.9. The van der Waals surface area contributed by atoms with E-state index in [0.717, 1.165) is 39.0 Å². The predicted molar refractivity (Wildman–Crippen MR) is 137 cm³/mol. The summed E-state index contributed by atoms with van der Waals surface area (Å²) >= 11 is 0. The van der Waals surface area contributed by atoms with Crippen LogP contribution in [0, 0.1) is 18.3 Å². The normalized spacial score (nSPS) is 17.0. The Morgan fingerprint density at radius 3 is 2.37 bits per heavy atom. The van der Waals surface area contributed by atoms with Crippen molar-refractivity contribution in [3.8, 4) is 40.0 Å². The Hall–Kier alpha value is -3.70. The van der Waals surface area contributed by atoms with E-state index in [1.807, 2.05) is 50.2 Å². The highest BCUT2D eigenvalue weighted by atomic mass is 32.2. The molecule has 3 heterocycles. The lowest BCUT2D eigenvalue weighted by Gasteiger charge is -2.31. The lowest BCUT2D eigenvalue weighted by molar-refractivity contribution is 0.353. The van der Waals surface area contributed by atoms with Gasteiger partial charge in [0.05, 0.1) is 43.5 Å². The molecule has 2 unspecified atom stereocenters. The first-order valence-corrected chi connectivity index (χ1v) is 13.1. The monoisotopic (exact) mass is 489 g/mol. The van der Waals surface area contributed by atoms with E-state index < -0.39 is 10.0 Å². The largest absolute Gasteiger partial charge is 0.493 e. The minimum atomic E-state index is -3.48. The second-order valence-electron chi connectivity index (χ2n) is 8.80. The van der Waals surface area contributed by atoms with Gasteiger partial charge in [-0.15, -0.1) is 0 Å². The molecule has 0 saturated carbocycles. The van der Waals surface area contributed by atoms with Crippen molar-refractivity contribution in [3.63, 3.8) is 0 Å². The summed E-state index contributed by atoms with van der Waals surface area (Å²) in [6.45, 7) is 5.71. The average Bonchev–Trinajstić information content (AvgIpc) is 3.42. The van der Waals surface area contributed by atoms with Crippen molar-refractivity contribution in [2.24, 2.45) is 0 Å². The molecule has 0 fully saturated rings. The van der Waals surface area contributed by atoms with Crippen LogP contribution in [0.3, 0.4) is 0 Å². The van der Waals surface area contributed by atoms with Gasteiger partial charge in [-0.25, -0.2) is 12.4 Å². The number of hydrogen-bond acceptors (Lipinski definition) is 5. The molecule has 0 amide bonds. The molecule has 2 atom stereocenters. The number of nitrogens with zero attached hydrogens (tertiary/aromatic N) is 3. The number of ether oxygens (including phenoxy) is 2. The molecule has 0 N–H and O–H groups in total. The topological polar surface area (TPSA) is 86.2 Å². The minimum absolute atomic E-state index is 0.00620. The Labute approximate surface area is 205 Å². The van der Waals surface area contributed by atoms with E-state index in [4.69, 9.17) is 9.47 Å². The van der Waals surface area contributed by atoms with Crippen LogP contribution in [-0.2, 0) is 10.0 Å². The molecule has 8 heteroatoms. The molecule has 0 spiro atoms. The summed E-state index contributed by atoms with van der Waals surface area (Å²) in [5.74, 6) is 0.809. The summed E-state index contributed by atoms with van der Waals surface area (Å²) in [7, 11) is -0.300. The SMILES string of the molecule is CCS(=O)(=O)n1cc(-c2cc3n(c2C)C(C)C(C#N)c2cc(OC)c(OC)cc2-3)c2ccccc21. The summed E-state index contributed by atoms with van der Waals surface area (Å²) < 4.78 is 40.4. The van der Waals surface area contributed by atoms with Crippen LogP contribution in [0.25, 0.3) is 33.3 Å². The third-order valence-electron chi connectivity index (χ3n) is 7.12. The Morgan fingerprint density at radius 2 is 1.71 bits per heavy atom. The zero-order chi connectivity index (χ0) is 25.1. The van der Waals surface area contributed by atoms with Crippen molar-refractivity contribution in [2.45, 2.75) is 32.7 Å². The standard InChI is InChI=1S/C27H27N3O4S/c1-6-35(31,32)29-15-23(18-9-7-8-10-24(18)29)19-11-25-21-13-27(34-5)26(33-4)12-20(21)22(14-28)17(3)30(25)16(19)2/h7-13,15,17,22H,6H2,1-5H3. The first kappa shape index (κ1) is 23.1. The van der Waals surface area contributed by atoms with Crippen LogP contribution in [0.5, 0.6) is 11.5 Å². The Kier molecular flexibility index (Phi) is 5.41. The van der Waals surface area contributed by atoms with Gasteiger partial charge in [0.1, 0.15) is 0 Å². The van der Waals surface area contributed by atoms with Gasteiger partial charge in [-0.1, -0.05) is 18.2 Å². The zero-order valence-corrected chi connectivity index (χ0v) is 21.2. The third-order valence-corrected chi connectivity index (χ3v) is 8.75. The Balaban J connectivity index is 1.82. The fraction of sp³-hybridized carbons (Fsp3) is 0.296. The highest BCUT2D eigenvalue weighted by Crippen LogP contribution is 2.50. The second kappa shape index (κ2) is 8.21. The number of aromatic nitrogens is 2. The quantitative estimate of drug-likeness (QED) is 0.370. The minimum Gasteiger partial charge on any atom is -0.493 e. The Morgan fingerprint density at radius 1 is 1.03 bits per heavy atom. The van der Waals surface area contributed by atoms with Gasteiger partial charge < -0.3 is 14.0 Å². The van der Waals surface area contributed by atoms with Crippen LogP contribution in [0.4, 0.5) is 0 Å². The van der Waals surface area contributed by atoms with Crippen LogP contribution in [0.1, 0.15) is 37.1 Å². The van der Waals surface area contributed by atoms with E-state index in [9.17, 15) is 13.7 Å². The zero-order valence-electron chi connectivity index (χ0n) is 20.4. The van der Waals surface area contributed by atoms with E-state index in [0.29, 0.717) is 17.0 Å². The van der Waals surface area contributed by atoms with E-state index >= 15 is 0 Å². The first-order chi connectivity index (χ1) is 16.8. The highest BCUT2D eigenvalue weighted by Gasteiger charge is 2.35. The van der Waals surface area contributed by atoms with Crippen molar-refractivity contribution in [1.82, 2.24) is 8.54 Å². The molecule has 5 rings (SSSR count). The molecule has 2 aromatic carbocycles. The number of methoxy groups -OCH3 is 2. The van der Waals surface area contributed by atoms with Crippen molar-refractivity contribution < 1.29 is 17.9 Å². The lowest BCUT2D eigenvalue weighted by Crippen LogP contribution is -2.21. The van der Waals surface area contributed by atoms with E-state index in [1.54, 1.807) is 27.3 Å². The fourth-order valence-electron chi connectivity index (χ4n) is 5.32. The van der Waals surface area contributed by atoms with Gasteiger partial charge in [0.2, 0.25) is 10.0 Å². The number of hydrogen-bond donors (Lipinski definition) is 0. The van der Waals surface area contributed by atoms with Crippen LogP contribution in [-0.4, -0.2) is 36.9 Å². The molecule has 2 aromatic heterocycles. The Bertz CT molecular complexity index is 1620. The molecule has 7 nitrogen and oxygen atoms in total. The number of rotatable bonds is 5. The van der Waals surface area contributed by atoms with Gasteiger partial charge in [-0.3, -0.25) is 0 Å². The van der Waals surface area contributed by atoms with Gasteiger partial charge in [0.25, 0.3) is 0 Å². The van der Waals surface area contributed by atoms with E-state index in [-0.39, 0.29) is 17.7 Å². The molecule has 0 radical (unpaired) electrons. The van der Waals surface area contributed by atoms with Crippen LogP contribution < -0.4 is 9.47 Å². The number of para-hydroxylation sites is 1. The highest BCUT2D eigenvalue weighted by molar-refractivity contribution is 7.90. The third kappa shape index (κ3) is 3.26. The molecule has 0 aliphatic carbocycles. The molecular formula is C27H27N3O4S. The van der Waals surface area contributed by atoms with Crippen molar-refractivity contribution >= 4 is 20.9 Å². The van der Waals surface area contributed by atoms with Gasteiger partial charge in [0.15, 0.2) is 11.5 Å². The van der Waals surface area contributed by atoms with Crippen molar-refractivity contribution in [2.75, 3.05) is 20.0 Å². The molecule has 1 aliphatic rings. The predicted octanol–water partition coefficient (Wildman–Crippen LogP) is 5.48. The average molecular weight is 490 g/mol. The molecule has 180 valence electrons. The van der Waals surface area contributed by atoms with Crippen LogP contribution in [0.2, 0.25) is 0 Å². The molecule has 4 aromatic rings. The molecule has 0 saturated heterocycles. The van der Waals surface area contributed by atoms with E-state index in [1.165, 1.54) is 3.97 Å². The van der Waals surface area contributed by atoms with E-state index in [2.05, 4.69) is 16.7 Å². The maximum Gasteiger partial charge on any atom is 0.238 e. The fourth-order valence-corrected chi connectivity index (χ4v) is 6.32. The van der Waals surface area contributed by atoms with Gasteiger partial charge in [0, 0.05) is 39.7 Å². The lowest BCUT2D eigenvalue weighted by atomic mass is 9.85. The van der Waals surface area contributed by atoms with Gasteiger partial charge >= 0.3 is 0 Å².